The molecule has 1 nitrogen and oxygen atoms in total. The first-order valence-electron chi connectivity index (χ1n) is 10.2. The lowest BCUT2D eigenvalue weighted by Gasteiger charge is -2.16. The molecule has 1 heterocycles. The smallest absolute Gasteiger partial charge is 0.119 e. The Morgan fingerprint density at radius 3 is 2.11 bits per heavy atom. The Morgan fingerprint density at radius 1 is 0.857 bits per heavy atom. The van der Waals surface area contributed by atoms with Gasteiger partial charge in [0.25, 0.3) is 0 Å². The minimum absolute atomic E-state index is 0.576. The van der Waals surface area contributed by atoms with Crippen LogP contribution < -0.4 is 4.74 Å². The van der Waals surface area contributed by atoms with Gasteiger partial charge in [-0.25, -0.2) is 0 Å². The van der Waals surface area contributed by atoms with Crippen LogP contribution in [0.2, 0.25) is 0 Å². The van der Waals surface area contributed by atoms with Gasteiger partial charge in [0.05, 0.1) is 5.88 Å². The number of ether oxygens (including phenoxy) is 1. The minimum atomic E-state index is 0.576. The van der Waals surface area contributed by atoms with Crippen LogP contribution in [0, 0.1) is 0 Å². The van der Waals surface area contributed by atoms with Gasteiger partial charge in [0.1, 0.15) is 12.4 Å². The van der Waals surface area contributed by atoms with Gasteiger partial charge in [-0.15, -0.1) is 22.9 Å². The molecule has 0 saturated carbocycles. The van der Waals surface area contributed by atoms with E-state index in [0.717, 1.165) is 5.75 Å². The van der Waals surface area contributed by atoms with Crippen molar-refractivity contribution in [3.05, 3.63) is 76.7 Å². The zero-order valence-corrected chi connectivity index (χ0v) is 18.4. The number of halogens is 1. The second kappa shape index (κ2) is 10.7. The third kappa shape index (κ3) is 5.62. The van der Waals surface area contributed by atoms with Crippen LogP contribution in [0.15, 0.2) is 60.7 Å². The number of rotatable bonds is 10. The van der Waals surface area contributed by atoms with E-state index in [2.05, 4.69) is 74.5 Å². The quantitative estimate of drug-likeness (QED) is 0.303. The largest absolute Gasteiger partial charge is 0.489 e. The molecule has 3 heteroatoms. The molecule has 0 saturated heterocycles. The van der Waals surface area contributed by atoms with E-state index in [1.807, 2.05) is 0 Å². The van der Waals surface area contributed by atoms with Crippen molar-refractivity contribution in [2.75, 3.05) is 0 Å². The lowest BCUT2D eigenvalue weighted by atomic mass is 9.90. The van der Waals surface area contributed by atoms with Crippen LogP contribution in [-0.4, -0.2) is 0 Å². The third-order valence-electron chi connectivity index (χ3n) is 5.06. The highest BCUT2D eigenvalue weighted by Crippen LogP contribution is 2.30. The van der Waals surface area contributed by atoms with Crippen molar-refractivity contribution >= 4 is 22.9 Å². The second-order valence-electron chi connectivity index (χ2n) is 7.23. The Balaban J connectivity index is 1.57. The molecule has 0 aliphatic heterocycles. The predicted molar refractivity (Wildman–Crippen MR) is 123 cm³/mol. The van der Waals surface area contributed by atoms with Gasteiger partial charge in [-0.1, -0.05) is 63.1 Å². The van der Waals surface area contributed by atoms with Gasteiger partial charge in [-0.2, -0.15) is 0 Å². The Morgan fingerprint density at radius 2 is 1.54 bits per heavy atom. The van der Waals surface area contributed by atoms with E-state index in [0.29, 0.717) is 18.4 Å². The van der Waals surface area contributed by atoms with Crippen LogP contribution in [0.1, 0.15) is 61.5 Å². The molecule has 148 valence electrons. The maximum atomic E-state index is 6.00. The van der Waals surface area contributed by atoms with Crippen molar-refractivity contribution in [2.45, 2.75) is 57.9 Å². The molecule has 2 aromatic carbocycles. The highest BCUT2D eigenvalue weighted by molar-refractivity contribution is 7.15. The van der Waals surface area contributed by atoms with E-state index in [9.17, 15) is 0 Å². The summed E-state index contributed by atoms with van der Waals surface area (Å²) in [5.41, 5.74) is 3.84. The standard InChI is InChI=1S/C25H29ClOS/c1-3-5-20(6-4-2)21-11-13-23(14-12-21)27-18-19-7-9-22(10-8-19)25-16-15-24(17-26)28-25/h7-16,20H,3-6,17-18H2,1-2H3. The predicted octanol–water partition coefficient (Wildman–Crippen LogP) is 8.42. The van der Waals surface area contributed by atoms with Crippen molar-refractivity contribution in [3.63, 3.8) is 0 Å². The highest BCUT2D eigenvalue weighted by Gasteiger charge is 2.10. The van der Waals surface area contributed by atoms with Gasteiger partial charge in [0, 0.05) is 9.75 Å². The number of alkyl halides is 1. The summed E-state index contributed by atoms with van der Waals surface area (Å²) in [5.74, 6) is 2.19. The molecule has 3 rings (SSSR count). The summed E-state index contributed by atoms with van der Waals surface area (Å²) in [7, 11) is 0. The molecular weight excluding hydrogens is 384 g/mol. The van der Waals surface area contributed by atoms with Crippen LogP contribution >= 0.6 is 22.9 Å². The fraction of sp³-hybridized carbons (Fsp3) is 0.360. The minimum Gasteiger partial charge on any atom is -0.489 e. The average Bonchev–Trinajstić information content (AvgIpc) is 3.22. The van der Waals surface area contributed by atoms with E-state index >= 15 is 0 Å². The van der Waals surface area contributed by atoms with Gasteiger partial charge in [0.2, 0.25) is 0 Å². The van der Waals surface area contributed by atoms with Crippen LogP contribution in [0.4, 0.5) is 0 Å². The molecule has 0 N–H and O–H groups in total. The molecule has 0 unspecified atom stereocenters. The SMILES string of the molecule is CCCC(CCC)c1ccc(OCc2ccc(-c3ccc(CCl)s3)cc2)cc1. The third-order valence-corrected chi connectivity index (χ3v) is 6.64. The average molecular weight is 413 g/mol. The van der Waals surface area contributed by atoms with Gasteiger partial charge < -0.3 is 4.74 Å². The summed E-state index contributed by atoms with van der Waals surface area (Å²) < 4.78 is 6.00. The van der Waals surface area contributed by atoms with Gasteiger partial charge in [-0.3, -0.25) is 0 Å². The summed E-state index contributed by atoms with van der Waals surface area (Å²) in [6.45, 7) is 5.12. The molecule has 0 atom stereocenters. The van der Waals surface area contributed by atoms with E-state index in [-0.39, 0.29) is 0 Å². The molecular formula is C25H29ClOS. The molecule has 3 aromatic rings. The first-order chi connectivity index (χ1) is 13.7. The molecule has 0 fully saturated rings. The van der Waals surface area contributed by atoms with E-state index in [1.54, 1.807) is 11.3 Å². The van der Waals surface area contributed by atoms with Gasteiger partial charge in [0.15, 0.2) is 0 Å². The number of hydrogen-bond acceptors (Lipinski definition) is 2. The summed E-state index contributed by atoms with van der Waals surface area (Å²) in [6, 6.07) is 21.5. The second-order valence-corrected chi connectivity index (χ2v) is 8.66. The molecule has 0 aliphatic carbocycles. The first-order valence-corrected chi connectivity index (χ1v) is 11.5. The summed E-state index contributed by atoms with van der Waals surface area (Å²) in [5, 5.41) is 0. The number of thiophene rings is 1. The maximum Gasteiger partial charge on any atom is 0.119 e. The van der Waals surface area contributed by atoms with Crippen LogP contribution in [0.25, 0.3) is 10.4 Å². The fourth-order valence-corrected chi connectivity index (χ4v) is 4.66. The Bertz CT molecular complexity index is 830. The Hall–Kier alpha value is -1.77. The van der Waals surface area contributed by atoms with Gasteiger partial charge >= 0.3 is 0 Å². The monoisotopic (exact) mass is 412 g/mol. The molecule has 0 aliphatic rings. The maximum absolute atomic E-state index is 6.00. The van der Waals surface area contributed by atoms with Crippen molar-refractivity contribution in [1.29, 1.82) is 0 Å². The van der Waals surface area contributed by atoms with Crippen molar-refractivity contribution in [1.82, 2.24) is 0 Å². The van der Waals surface area contributed by atoms with Crippen molar-refractivity contribution < 1.29 is 4.74 Å². The van der Waals surface area contributed by atoms with E-state index < -0.39 is 0 Å². The lowest BCUT2D eigenvalue weighted by molar-refractivity contribution is 0.306. The Labute approximate surface area is 178 Å². The van der Waals surface area contributed by atoms with Crippen molar-refractivity contribution in [3.8, 4) is 16.2 Å². The molecule has 28 heavy (non-hydrogen) atoms. The summed E-state index contributed by atoms with van der Waals surface area (Å²) >= 11 is 7.65. The Kier molecular flexibility index (Phi) is 8.00. The lowest BCUT2D eigenvalue weighted by Crippen LogP contribution is -1.99. The van der Waals surface area contributed by atoms with Crippen LogP contribution in [0.5, 0.6) is 5.75 Å². The zero-order valence-electron chi connectivity index (χ0n) is 16.8. The van der Waals surface area contributed by atoms with E-state index in [1.165, 1.54) is 52.1 Å². The summed E-state index contributed by atoms with van der Waals surface area (Å²) in [4.78, 5) is 2.46. The summed E-state index contributed by atoms with van der Waals surface area (Å²) in [6.07, 6.45) is 4.99. The van der Waals surface area contributed by atoms with Gasteiger partial charge in [-0.05, 0) is 59.7 Å². The normalized spacial score (nSPS) is 11.1. The first kappa shape index (κ1) is 21.0. The zero-order chi connectivity index (χ0) is 19.8. The number of benzene rings is 2. The molecule has 0 bridgehead atoms. The van der Waals surface area contributed by atoms with Crippen LogP contribution in [-0.2, 0) is 12.5 Å². The fourth-order valence-electron chi connectivity index (χ4n) is 3.55. The molecule has 0 spiro atoms. The topological polar surface area (TPSA) is 9.23 Å². The molecule has 1 aromatic heterocycles. The molecule has 0 radical (unpaired) electrons. The number of hydrogen-bond donors (Lipinski definition) is 0. The van der Waals surface area contributed by atoms with Crippen molar-refractivity contribution in [2.24, 2.45) is 0 Å². The molecule has 0 amide bonds. The van der Waals surface area contributed by atoms with Crippen LogP contribution in [0.3, 0.4) is 0 Å². The highest BCUT2D eigenvalue weighted by atomic mass is 35.5. The van der Waals surface area contributed by atoms with E-state index in [4.69, 9.17) is 16.3 Å².